The maximum absolute atomic E-state index is 12.6. The van der Waals surface area contributed by atoms with Gasteiger partial charge in [-0.1, -0.05) is 13.8 Å². The molecule has 0 saturated heterocycles. The second-order valence-corrected chi connectivity index (χ2v) is 6.07. The van der Waals surface area contributed by atoms with Crippen molar-refractivity contribution in [3.8, 4) is 0 Å². The topological polar surface area (TPSA) is 67.2 Å². The lowest BCUT2D eigenvalue weighted by atomic mass is 10.3. The van der Waals surface area contributed by atoms with Crippen LogP contribution < -0.4 is 0 Å². The summed E-state index contributed by atoms with van der Waals surface area (Å²) in [4.78, 5) is 29.8. The van der Waals surface area contributed by atoms with Gasteiger partial charge in [0.25, 0.3) is 5.91 Å². The molecule has 1 amide bonds. The molecule has 128 valence electrons. The predicted octanol–water partition coefficient (Wildman–Crippen LogP) is 1.48. The van der Waals surface area contributed by atoms with Crippen LogP contribution in [0.25, 0.3) is 0 Å². The smallest absolute Gasteiger partial charge is 0.274 e. The highest BCUT2D eigenvalue weighted by Crippen LogP contribution is 2.16. The van der Waals surface area contributed by atoms with E-state index in [0.29, 0.717) is 18.8 Å². The Morgan fingerprint density at radius 3 is 2.67 bits per heavy atom. The minimum absolute atomic E-state index is 0.0814. The van der Waals surface area contributed by atoms with Crippen molar-refractivity contribution in [3.05, 3.63) is 41.5 Å². The van der Waals surface area contributed by atoms with E-state index in [1.807, 2.05) is 6.92 Å². The number of hydrogen-bond acceptors (Lipinski definition) is 5. The lowest BCUT2D eigenvalue weighted by Crippen LogP contribution is -2.38. The maximum Gasteiger partial charge on any atom is 0.274 e. The molecule has 0 aromatic carbocycles. The number of carbonyl (C=O) groups excluding carboxylic acids is 1. The number of aromatic nitrogens is 4. The van der Waals surface area contributed by atoms with Crippen LogP contribution in [0.5, 0.6) is 0 Å². The summed E-state index contributed by atoms with van der Waals surface area (Å²) in [6.07, 6.45) is 5.28. The van der Waals surface area contributed by atoms with Crippen LogP contribution in [0.1, 0.15) is 41.5 Å². The van der Waals surface area contributed by atoms with Gasteiger partial charge in [-0.05, 0) is 20.0 Å². The van der Waals surface area contributed by atoms with Gasteiger partial charge in [-0.2, -0.15) is 0 Å². The van der Waals surface area contributed by atoms with Gasteiger partial charge in [0.1, 0.15) is 11.5 Å². The second-order valence-electron chi connectivity index (χ2n) is 6.07. The number of amides is 1. The molecule has 0 N–H and O–H groups in total. The van der Waals surface area contributed by atoms with Crippen LogP contribution in [0, 0.1) is 6.92 Å². The monoisotopic (exact) mass is 328 g/mol. The Morgan fingerprint density at radius 1 is 1.21 bits per heavy atom. The third-order valence-corrected chi connectivity index (χ3v) is 4.42. The fourth-order valence-corrected chi connectivity index (χ4v) is 2.90. The van der Waals surface area contributed by atoms with E-state index in [4.69, 9.17) is 4.98 Å². The van der Waals surface area contributed by atoms with Gasteiger partial charge in [0.05, 0.1) is 24.1 Å². The molecule has 2 aromatic rings. The highest BCUT2D eigenvalue weighted by Gasteiger charge is 2.24. The zero-order valence-corrected chi connectivity index (χ0v) is 14.6. The zero-order valence-electron chi connectivity index (χ0n) is 14.6. The molecule has 0 spiro atoms. The van der Waals surface area contributed by atoms with Crippen molar-refractivity contribution in [2.24, 2.45) is 0 Å². The quantitative estimate of drug-likeness (QED) is 0.832. The normalized spacial score (nSPS) is 14.1. The van der Waals surface area contributed by atoms with Gasteiger partial charge >= 0.3 is 0 Å². The highest BCUT2D eigenvalue weighted by atomic mass is 16.2. The van der Waals surface area contributed by atoms with Gasteiger partial charge in [-0.3, -0.25) is 14.7 Å². The first kappa shape index (κ1) is 16.6. The van der Waals surface area contributed by atoms with Crippen LogP contribution in [0.15, 0.2) is 18.6 Å². The van der Waals surface area contributed by atoms with Gasteiger partial charge in [0, 0.05) is 32.0 Å². The Morgan fingerprint density at radius 2 is 2.00 bits per heavy atom. The second kappa shape index (κ2) is 7.09. The molecule has 0 atom stereocenters. The van der Waals surface area contributed by atoms with Gasteiger partial charge in [0.15, 0.2) is 0 Å². The van der Waals surface area contributed by atoms with Crippen molar-refractivity contribution in [3.63, 3.8) is 0 Å². The number of hydrogen-bond donors (Lipinski definition) is 0. The van der Waals surface area contributed by atoms with Crippen LogP contribution in [-0.4, -0.2) is 54.9 Å². The number of imidazole rings is 1. The van der Waals surface area contributed by atoms with Gasteiger partial charge in [0.2, 0.25) is 0 Å². The molecule has 0 aliphatic carbocycles. The minimum Gasteiger partial charge on any atom is -0.331 e. The van der Waals surface area contributed by atoms with Crippen LogP contribution in [0.3, 0.4) is 0 Å². The van der Waals surface area contributed by atoms with E-state index in [2.05, 4.69) is 39.5 Å². The minimum atomic E-state index is -0.0814. The Kier molecular flexibility index (Phi) is 4.89. The van der Waals surface area contributed by atoms with Crippen LogP contribution >= 0.6 is 0 Å². The lowest BCUT2D eigenvalue weighted by Gasteiger charge is -2.27. The largest absolute Gasteiger partial charge is 0.331 e. The highest BCUT2D eigenvalue weighted by molar-refractivity contribution is 5.92. The summed E-state index contributed by atoms with van der Waals surface area (Å²) < 4.78 is 2.16. The summed E-state index contributed by atoms with van der Waals surface area (Å²) in [5.74, 6) is 0.860. The SMILES string of the molecule is CCN(CC)Cc1cn2c(n1)CN(C(=O)c1cnc(C)cn1)CC2. The summed E-state index contributed by atoms with van der Waals surface area (Å²) in [6.45, 7) is 11.0. The van der Waals surface area contributed by atoms with E-state index in [1.54, 1.807) is 17.3 Å². The average Bonchev–Trinajstić information content (AvgIpc) is 3.01. The summed E-state index contributed by atoms with van der Waals surface area (Å²) >= 11 is 0. The molecular formula is C17H24N6O. The van der Waals surface area contributed by atoms with Crippen molar-refractivity contribution < 1.29 is 4.79 Å². The molecule has 7 heteroatoms. The molecule has 2 aromatic heterocycles. The van der Waals surface area contributed by atoms with E-state index in [-0.39, 0.29) is 5.91 Å². The molecule has 0 unspecified atom stereocenters. The molecule has 0 fully saturated rings. The first-order chi connectivity index (χ1) is 11.6. The summed E-state index contributed by atoms with van der Waals surface area (Å²) in [5, 5.41) is 0. The third-order valence-electron chi connectivity index (χ3n) is 4.42. The predicted molar refractivity (Wildman–Crippen MR) is 90.4 cm³/mol. The van der Waals surface area contributed by atoms with Crippen molar-refractivity contribution >= 4 is 5.91 Å². The van der Waals surface area contributed by atoms with Crippen molar-refractivity contribution in [1.82, 2.24) is 29.3 Å². The fourth-order valence-electron chi connectivity index (χ4n) is 2.90. The molecule has 0 radical (unpaired) electrons. The third kappa shape index (κ3) is 3.46. The average molecular weight is 328 g/mol. The Labute approximate surface area is 142 Å². The molecule has 7 nitrogen and oxygen atoms in total. The summed E-state index contributed by atoms with van der Waals surface area (Å²) in [7, 11) is 0. The Bertz CT molecular complexity index is 704. The van der Waals surface area contributed by atoms with E-state index in [0.717, 1.165) is 43.4 Å². The Balaban J connectivity index is 1.71. The molecule has 3 heterocycles. The molecule has 0 saturated carbocycles. The van der Waals surface area contributed by atoms with Crippen LogP contribution in [-0.2, 0) is 19.6 Å². The van der Waals surface area contributed by atoms with E-state index >= 15 is 0 Å². The molecule has 3 rings (SSSR count). The van der Waals surface area contributed by atoms with Crippen molar-refractivity contribution in [1.29, 1.82) is 0 Å². The molecular weight excluding hydrogens is 304 g/mol. The summed E-state index contributed by atoms with van der Waals surface area (Å²) in [5.41, 5.74) is 2.27. The fraction of sp³-hybridized carbons (Fsp3) is 0.529. The number of rotatable bonds is 5. The molecule has 0 bridgehead atoms. The first-order valence-corrected chi connectivity index (χ1v) is 8.46. The molecule has 1 aliphatic heterocycles. The van der Waals surface area contributed by atoms with Gasteiger partial charge in [-0.15, -0.1) is 0 Å². The van der Waals surface area contributed by atoms with Crippen molar-refractivity contribution in [2.75, 3.05) is 19.6 Å². The van der Waals surface area contributed by atoms with Crippen molar-refractivity contribution in [2.45, 2.75) is 40.4 Å². The number of fused-ring (bicyclic) bond motifs is 1. The summed E-state index contributed by atoms with van der Waals surface area (Å²) in [6, 6.07) is 0. The zero-order chi connectivity index (χ0) is 17.1. The van der Waals surface area contributed by atoms with Crippen LogP contribution in [0.2, 0.25) is 0 Å². The Hall–Kier alpha value is -2.28. The van der Waals surface area contributed by atoms with Gasteiger partial charge < -0.3 is 9.47 Å². The number of aryl methyl sites for hydroxylation is 1. The molecule has 1 aliphatic rings. The number of carbonyl (C=O) groups is 1. The van der Waals surface area contributed by atoms with E-state index < -0.39 is 0 Å². The van der Waals surface area contributed by atoms with Gasteiger partial charge in [-0.25, -0.2) is 9.97 Å². The standard InChI is InChI=1S/C17H24N6O/c1-4-21(5-2)10-14-11-22-6-7-23(12-16(22)20-14)17(24)15-9-18-13(3)8-19-15/h8-9,11H,4-7,10,12H2,1-3H3. The molecule has 24 heavy (non-hydrogen) atoms. The first-order valence-electron chi connectivity index (χ1n) is 8.46. The number of nitrogens with zero attached hydrogens (tertiary/aromatic N) is 6. The van der Waals surface area contributed by atoms with Crippen LogP contribution in [0.4, 0.5) is 0 Å². The van der Waals surface area contributed by atoms with E-state index in [9.17, 15) is 4.79 Å². The maximum atomic E-state index is 12.6. The lowest BCUT2D eigenvalue weighted by molar-refractivity contribution is 0.0701. The van der Waals surface area contributed by atoms with E-state index in [1.165, 1.54) is 0 Å².